The summed E-state index contributed by atoms with van der Waals surface area (Å²) in [7, 11) is 0. The number of benzene rings is 2. The summed E-state index contributed by atoms with van der Waals surface area (Å²) in [5.41, 5.74) is 3.87. The van der Waals surface area contributed by atoms with Gasteiger partial charge < -0.3 is 10.6 Å². The van der Waals surface area contributed by atoms with Gasteiger partial charge in [-0.05, 0) is 30.7 Å². The van der Waals surface area contributed by atoms with Crippen LogP contribution in [0.4, 0.5) is 11.4 Å². The van der Waals surface area contributed by atoms with E-state index in [4.69, 9.17) is 0 Å². The average molecular weight is 363 g/mol. The standard InChI is InChI=1S/C21H21N3O3/c1-4-19(25)22-15-10-9-13(2)18(11-15)23-20(26)12-24-14(3)16-7-5-6-8-17(16)21(24)27/h5-11H,3-4,12H2,1-2H3,(H,22,25)(H,23,26). The molecule has 0 unspecified atom stereocenters. The molecule has 6 heteroatoms. The second-order valence-corrected chi connectivity index (χ2v) is 6.36. The lowest BCUT2D eigenvalue weighted by atomic mass is 10.1. The summed E-state index contributed by atoms with van der Waals surface area (Å²) in [6.45, 7) is 7.44. The number of amides is 3. The van der Waals surface area contributed by atoms with Crippen LogP contribution < -0.4 is 10.6 Å². The zero-order valence-electron chi connectivity index (χ0n) is 15.3. The molecule has 0 fully saturated rings. The van der Waals surface area contributed by atoms with Crippen LogP contribution in [0.15, 0.2) is 49.0 Å². The number of nitrogens with one attached hydrogen (secondary N) is 2. The first-order valence-electron chi connectivity index (χ1n) is 8.71. The summed E-state index contributed by atoms with van der Waals surface area (Å²) in [5, 5.41) is 5.57. The van der Waals surface area contributed by atoms with E-state index in [1.807, 2.05) is 25.1 Å². The first kappa shape index (κ1) is 18.4. The summed E-state index contributed by atoms with van der Waals surface area (Å²) in [6.07, 6.45) is 0.370. The van der Waals surface area contributed by atoms with Gasteiger partial charge in [-0.1, -0.05) is 37.8 Å². The smallest absolute Gasteiger partial charge is 0.259 e. The average Bonchev–Trinajstić information content (AvgIpc) is 2.89. The Morgan fingerprint density at radius 1 is 1.04 bits per heavy atom. The molecular weight excluding hydrogens is 342 g/mol. The molecule has 3 rings (SSSR count). The van der Waals surface area contributed by atoms with Crippen LogP contribution in [-0.4, -0.2) is 29.2 Å². The van der Waals surface area contributed by atoms with E-state index >= 15 is 0 Å². The maximum absolute atomic E-state index is 12.5. The molecule has 0 atom stereocenters. The molecule has 0 saturated heterocycles. The van der Waals surface area contributed by atoms with Crippen LogP contribution in [0.2, 0.25) is 0 Å². The molecule has 0 saturated carbocycles. The number of hydrogen-bond acceptors (Lipinski definition) is 3. The molecule has 0 aromatic heterocycles. The molecule has 1 heterocycles. The summed E-state index contributed by atoms with van der Waals surface area (Å²) < 4.78 is 0. The predicted molar refractivity (Wildman–Crippen MR) is 105 cm³/mol. The zero-order valence-corrected chi connectivity index (χ0v) is 15.3. The summed E-state index contributed by atoms with van der Waals surface area (Å²) in [4.78, 5) is 38.0. The van der Waals surface area contributed by atoms with Gasteiger partial charge in [0.2, 0.25) is 11.8 Å². The lowest BCUT2D eigenvalue weighted by Gasteiger charge is -2.18. The largest absolute Gasteiger partial charge is 0.326 e. The lowest BCUT2D eigenvalue weighted by Crippen LogP contribution is -2.32. The van der Waals surface area contributed by atoms with Gasteiger partial charge >= 0.3 is 0 Å². The van der Waals surface area contributed by atoms with Gasteiger partial charge in [-0.3, -0.25) is 19.3 Å². The van der Waals surface area contributed by atoms with Crippen LogP contribution >= 0.6 is 0 Å². The van der Waals surface area contributed by atoms with E-state index in [1.165, 1.54) is 4.90 Å². The number of rotatable bonds is 5. The Labute approximate surface area is 157 Å². The highest BCUT2D eigenvalue weighted by Crippen LogP contribution is 2.31. The fraction of sp³-hybridized carbons (Fsp3) is 0.190. The van der Waals surface area contributed by atoms with Crippen LogP contribution in [0.1, 0.15) is 34.8 Å². The van der Waals surface area contributed by atoms with E-state index < -0.39 is 0 Å². The second-order valence-electron chi connectivity index (χ2n) is 6.36. The Bertz CT molecular complexity index is 914. The molecule has 0 spiro atoms. The molecule has 27 heavy (non-hydrogen) atoms. The first-order chi connectivity index (χ1) is 12.9. The molecule has 3 amide bonds. The number of aryl methyl sites for hydroxylation is 1. The number of nitrogens with zero attached hydrogens (tertiary/aromatic N) is 1. The van der Waals surface area contributed by atoms with E-state index in [-0.39, 0.29) is 24.3 Å². The van der Waals surface area contributed by atoms with Crippen molar-refractivity contribution in [3.8, 4) is 0 Å². The lowest BCUT2D eigenvalue weighted by molar-refractivity contribution is -0.116. The van der Waals surface area contributed by atoms with Crippen LogP contribution in [0.3, 0.4) is 0 Å². The minimum atomic E-state index is -0.334. The maximum atomic E-state index is 12.5. The predicted octanol–water partition coefficient (Wildman–Crippen LogP) is 3.41. The topological polar surface area (TPSA) is 78.5 Å². The fourth-order valence-electron chi connectivity index (χ4n) is 2.92. The van der Waals surface area contributed by atoms with E-state index in [1.54, 1.807) is 31.2 Å². The molecule has 1 aliphatic heterocycles. The van der Waals surface area contributed by atoms with E-state index in [9.17, 15) is 14.4 Å². The normalized spacial score (nSPS) is 12.7. The number of fused-ring (bicyclic) bond motifs is 1. The molecule has 0 radical (unpaired) electrons. The van der Waals surface area contributed by atoms with E-state index in [0.717, 1.165) is 11.1 Å². The molecule has 6 nitrogen and oxygen atoms in total. The minimum Gasteiger partial charge on any atom is -0.326 e. The minimum absolute atomic E-state index is 0.104. The van der Waals surface area contributed by atoms with Gasteiger partial charge in [-0.25, -0.2) is 0 Å². The van der Waals surface area contributed by atoms with Crippen molar-refractivity contribution in [3.63, 3.8) is 0 Å². The third-order valence-corrected chi connectivity index (χ3v) is 4.46. The van der Waals surface area contributed by atoms with Crippen molar-refractivity contribution in [1.29, 1.82) is 0 Å². The zero-order chi connectivity index (χ0) is 19.6. The number of carbonyl (C=O) groups excluding carboxylic acids is 3. The van der Waals surface area contributed by atoms with Crippen molar-refractivity contribution < 1.29 is 14.4 Å². The van der Waals surface area contributed by atoms with Crippen molar-refractivity contribution in [2.45, 2.75) is 20.3 Å². The maximum Gasteiger partial charge on any atom is 0.259 e. The van der Waals surface area contributed by atoms with Gasteiger partial charge in [0.25, 0.3) is 5.91 Å². The Morgan fingerprint density at radius 2 is 1.74 bits per heavy atom. The SMILES string of the molecule is C=C1c2ccccc2C(=O)N1CC(=O)Nc1cc(NC(=O)CC)ccc1C. The number of hydrogen-bond donors (Lipinski definition) is 2. The van der Waals surface area contributed by atoms with Gasteiger partial charge in [0, 0.05) is 34.6 Å². The summed E-state index contributed by atoms with van der Waals surface area (Å²) in [5.74, 6) is -0.668. The van der Waals surface area contributed by atoms with Gasteiger partial charge in [-0.15, -0.1) is 0 Å². The van der Waals surface area contributed by atoms with Crippen LogP contribution in [-0.2, 0) is 9.59 Å². The van der Waals surface area contributed by atoms with Crippen molar-refractivity contribution in [2.24, 2.45) is 0 Å². The Kier molecular flexibility index (Phi) is 5.07. The van der Waals surface area contributed by atoms with Crippen LogP contribution in [0, 0.1) is 6.92 Å². The van der Waals surface area contributed by atoms with E-state index in [2.05, 4.69) is 17.2 Å². The molecule has 2 aromatic rings. The number of carbonyl (C=O) groups is 3. The monoisotopic (exact) mass is 363 g/mol. The third kappa shape index (κ3) is 3.74. The van der Waals surface area contributed by atoms with Gasteiger partial charge in [0.1, 0.15) is 6.54 Å². The molecule has 0 aliphatic carbocycles. The summed E-state index contributed by atoms with van der Waals surface area (Å²) in [6, 6.07) is 12.5. The van der Waals surface area contributed by atoms with Gasteiger partial charge in [0.15, 0.2) is 0 Å². The van der Waals surface area contributed by atoms with Crippen molar-refractivity contribution in [1.82, 2.24) is 4.90 Å². The Morgan fingerprint density at radius 3 is 2.41 bits per heavy atom. The molecular formula is C21H21N3O3. The Balaban J connectivity index is 1.72. The molecule has 1 aliphatic rings. The highest BCUT2D eigenvalue weighted by Gasteiger charge is 2.31. The highest BCUT2D eigenvalue weighted by molar-refractivity contribution is 6.11. The van der Waals surface area contributed by atoms with Crippen molar-refractivity contribution in [2.75, 3.05) is 17.2 Å². The first-order valence-corrected chi connectivity index (χ1v) is 8.71. The van der Waals surface area contributed by atoms with Crippen LogP contribution in [0.25, 0.3) is 5.70 Å². The summed E-state index contributed by atoms with van der Waals surface area (Å²) >= 11 is 0. The van der Waals surface area contributed by atoms with Crippen molar-refractivity contribution in [3.05, 3.63) is 65.7 Å². The highest BCUT2D eigenvalue weighted by atomic mass is 16.2. The molecule has 138 valence electrons. The molecule has 2 N–H and O–H groups in total. The van der Waals surface area contributed by atoms with Crippen molar-refractivity contribution >= 4 is 34.8 Å². The Hall–Kier alpha value is -3.41. The molecule has 2 aromatic carbocycles. The number of anilines is 2. The van der Waals surface area contributed by atoms with Gasteiger partial charge in [-0.2, -0.15) is 0 Å². The van der Waals surface area contributed by atoms with E-state index in [0.29, 0.717) is 29.1 Å². The quantitative estimate of drug-likeness (QED) is 0.854. The molecule has 0 bridgehead atoms. The van der Waals surface area contributed by atoms with Crippen LogP contribution in [0.5, 0.6) is 0 Å². The second kappa shape index (κ2) is 7.45. The van der Waals surface area contributed by atoms with Gasteiger partial charge in [0.05, 0.1) is 0 Å². The third-order valence-electron chi connectivity index (χ3n) is 4.46. The fourth-order valence-corrected chi connectivity index (χ4v) is 2.92.